The molecule has 1 aromatic heterocycles. The molecule has 2 bridgehead atoms. The van der Waals surface area contributed by atoms with Crippen LogP contribution in [0.4, 0.5) is 0 Å². The Bertz CT molecular complexity index is 343. The van der Waals surface area contributed by atoms with E-state index in [9.17, 15) is 0 Å². The largest absolute Gasteiger partial charge is 0.334 e. The summed E-state index contributed by atoms with van der Waals surface area (Å²) < 4.78 is 0.575. The second-order valence-electron chi connectivity index (χ2n) is 3.60. The Labute approximate surface area is 87.4 Å². The van der Waals surface area contributed by atoms with Crippen molar-refractivity contribution in [1.82, 2.24) is 9.97 Å². The maximum atomic E-state index is 6.20. The summed E-state index contributed by atoms with van der Waals surface area (Å²) in [5.74, 6) is 0.481. The number of rotatable bonds is 0. The van der Waals surface area contributed by atoms with Crippen LogP contribution < -0.4 is 0 Å². The van der Waals surface area contributed by atoms with E-state index in [1.807, 2.05) is 0 Å². The van der Waals surface area contributed by atoms with Crippen LogP contribution >= 0.6 is 23.8 Å². The summed E-state index contributed by atoms with van der Waals surface area (Å²) in [4.78, 5) is 7.31. The molecule has 4 heteroatoms. The molecule has 2 rings (SSSR count). The van der Waals surface area contributed by atoms with Crippen LogP contribution in [0.3, 0.4) is 0 Å². The fourth-order valence-corrected chi connectivity index (χ4v) is 2.15. The van der Waals surface area contributed by atoms with Gasteiger partial charge in [0, 0.05) is 23.2 Å². The summed E-state index contributed by atoms with van der Waals surface area (Å²) in [6, 6.07) is 2.06. The molecule has 0 saturated carbocycles. The van der Waals surface area contributed by atoms with Crippen LogP contribution in [-0.4, -0.2) is 15.3 Å². The van der Waals surface area contributed by atoms with Crippen molar-refractivity contribution in [3.8, 4) is 0 Å². The fourth-order valence-electron chi connectivity index (χ4n) is 1.66. The van der Waals surface area contributed by atoms with Crippen LogP contribution in [0.1, 0.15) is 18.3 Å². The first kappa shape index (κ1) is 9.16. The molecule has 2 unspecified atom stereocenters. The quantitative estimate of drug-likeness (QED) is 0.531. The first-order valence-electron chi connectivity index (χ1n) is 4.38. The lowest BCUT2D eigenvalue weighted by atomic mass is 10.0. The van der Waals surface area contributed by atoms with Gasteiger partial charge in [-0.1, -0.05) is 6.92 Å². The first-order chi connectivity index (χ1) is 6.15. The zero-order valence-corrected chi connectivity index (χ0v) is 8.95. The number of H-pyrrole nitrogens is 1. The van der Waals surface area contributed by atoms with E-state index in [1.54, 1.807) is 0 Å². The van der Waals surface area contributed by atoms with E-state index in [4.69, 9.17) is 23.8 Å². The number of fused-ring (bicyclic) bond motifs is 2. The zero-order valence-electron chi connectivity index (χ0n) is 7.38. The van der Waals surface area contributed by atoms with Crippen LogP contribution in [-0.2, 0) is 12.8 Å². The maximum absolute atomic E-state index is 6.20. The van der Waals surface area contributed by atoms with E-state index in [2.05, 4.69) is 23.0 Å². The van der Waals surface area contributed by atoms with Crippen molar-refractivity contribution in [2.45, 2.75) is 25.1 Å². The van der Waals surface area contributed by atoms with Gasteiger partial charge in [0.2, 0.25) is 0 Å². The van der Waals surface area contributed by atoms with Crippen LogP contribution in [0.2, 0.25) is 0 Å². The Morgan fingerprint density at radius 2 is 2.38 bits per heavy atom. The van der Waals surface area contributed by atoms with Gasteiger partial charge in [-0.2, -0.15) is 0 Å². The molecule has 0 spiro atoms. The van der Waals surface area contributed by atoms with Gasteiger partial charge in [0.1, 0.15) is 0 Å². The van der Waals surface area contributed by atoms with Gasteiger partial charge in [0.15, 0.2) is 4.77 Å². The Morgan fingerprint density at radius 3 is 3.15 bits per heavy atom. The van der Waals surface area contributed by atoms with Crippen molar-refractivity contribution in [1.29, 1.82) is 0 Å². The fraction of sp³-hybridized carbons (Fsp3) is 0.556. The van der Waals surface area contributed by atoms with Crippen molar-refractivity contribution in [2.24, 2.45) is 5.92 Å². The molecule has 0 amide bonds. The van der Waals surface area contributed by atoms with E-state index >= 15 is 0 Å². The third-order valence-corrected chi connectivity index (χ3v) is 3.19. The molecule has 0 aromatic carbocycles. The minimum atomic E-state index is 0.176. The van der Waals surface area contributed by atoms with Crippen LogP contribution in [0.5, 0.6) is 0 Å². The average molecular weight is 215 g/mol. The summed E-state index contributed by atoms with van der Waals surface area (Å²) in [5.41, 5.74) is 2.17. The third kappa shape index (κ3) is 1.92. The minimum absolute atomic E-state index is 0.176. The number of aromatic amines is 1. The van der Waals surface area contributed by atoms with Gasteiger partial charge < -0.3 is 4.98 Å². The van der Waals surface area contributed by atoms with Crippen molar-refractivity contribution < 1.29 is 0 Å². The number of alkyl halides is 1. The minimum Gasteiger partial charge on any atom is -0.334 e. The van der Waals surface area contributed by atoms with Crippen LogP contribution in [0.25, 0.3) is 0 Å². The van der Waals surface area contributed by atoms with Gasteiger partial charge in [-0.25, -0.2) is 4.98 Å². The molecular formula is C9H11ClN2S. The second kappa shape index (κ2) is 3.39. The Hall–Kier alpha value is -0.410. The molecule has 13 heavy (non-hydrogen) atoms. The molecule has 2 atom stereocenters. The predicted molar refractivity (Wildman–Crippen MR) is 55.6 cm³/mol. The highest BCUT2D eigenvalue weighted by Crippen LogP contribution is 2.23. The van der Waals surface area contributed by atoms with Crippen molar-refractivity contribution >= 4 is 23.8 Å². The molecule has 0 radical (unpaired) electrons. The van der Waals surface area contributed by atoms with E-state index in [-0.39, 0.29) is 5.38 Å². The van der Waals surface area contributed by atoms with E-state index in [1.165, 1.54) is 0 Å². The second-order valence-corrected chi connectivity index (χ2v) is 4.55. The number of halogens is 1. The summed E-state index contributed by atoms with van der Waals surface area (Å²) >= 11 is 11.2. The number of aromatic nitrogens is 2. The molecular weight excluding hydrogens is 204 g/mol. The predicted octanol–water partition coefficient (Wildman–Crippen LogP) is 2.48. The average Bonchev–Trinajstić information content (AvgIpc) is 2.09. The first-order valence-corrected chi connectivity index (χ1v) is 5.23. The van der Waals surface area contributed by atoms with Crippen molar-refractivity contribution in [3.63, 3.8) is 0 Å². The SMILES string of the molecule is CC1Cc2cc(nc(=S)[nH]2)CC1Cl. The monoisotopic (exact) mass is 214 g/mol. The Morgan fingerprint density at radius 1 is 1.62 bits per heavy atom. The highest BCUT2D eigenvalue weighted by Gasteiger charge is 2.20. The van der Waals surface area contributed by atoms with E-state index < -0.39 is 0 Å². The van der Waals surface area contributed by atoms with Crippen molar-refractivity contribution in [3.05, 3.63) is 22.2 Å². The molecule has 0 fully saturated rings. The van der Waals surface area contributed by atoms with Gasteiger partial charge >= 0.3 is 0 Å². The van der Waals surface area contributed by atoms with Gasteiger partial charge in [0.05, 0.1) is 0 Å². The molecule has 0 saturated heterocycles. The summed E-state index contributed by atoms with van der Waals surface area (Å²) in [5, 5.41) is 0.176. The van der Waals surface area contributed by atoms with Crippen molar-refractivity contribution in [2.75, 3.05) is 0 Å². The number of hydrogen-bond donors (Lipinski definition) is 1. The smallest absolute Gasteiger partial charge is 0.197 e. The van der Waals surface area contributed by atoms with Gasteiger partial charge in [-0.05, 0) is 30.6 Å². The number of nitrogens with one attached hydrogen (secondary N) is 1. The van der Waals surface area contributed by atoms with Gasteiger partial charge in [0.25, 0.3) is 0 Å². The number of nitrogens with zero attached hydrogens (tertiary/aromatic N) is 1. The lowest BCUT2D eigenvalue weighted by molar-refractivity contribution is 0.543. The Kier molecular flexibility index (Phi) is 2.39. The molecule has 70 valence electrons. The highest BCUT2D eigenvalue weighted by molar-refractivity contribution is 7.71. The van der Waals surface area contributed by atoms with Crippen LogP contribution in [0.15, 0.2) is 6.07 Å². The molecule has 1 heterocycles. The molecule has 1 N–H and O–H groups in total. The Balaban J connectivity index is 2.46. The van der Waals surface area contributed by atoms with Crippen LogP contribution in [0, 0.1) is 10.7 Å². The maximum Gasteiger partial charge on any atom is 0.197 e. The summed E-state index contributed by atoms with van der Waals surface area (Å²) in [6.07, 6.45) is 1.79. The topological polar surface area (TPSA) is 28.7 Å². The normalized spacial score (nSPS) is 26.9. The summed E-state index contributed by atoms with van der Waals surface area (Å²) in [6.45, 7) is 2.16. The number of hydrogen-bond acceptors (Lipinski definition) is 2. The lowest BCUT2D eigenvalue weighted by Crippen LogP contribution is -2.14. The molecule has 1 aromatic rings. The van der Waals surface area contributed by atoms with E-state index in [0.717, 1.165) is 24.2 Å². The van der Waals surface area contributed by atoms with E-state index in [0.29, 0.717) is 10.7 Å². The third-order valence-electron chi connectivity index (χ3n) is 2.42. The molecule has 0 aliphatic heterocycles. The molecule has 1 aliphatic carbocycles. The summed E-state index contributed by atoms with van der Waals surface area (Å²) in [7, 11) is 0. The molecule has 2 nitrogen and oxygen atoms in total. The zero-order chi connectivity index (χ0) is 9.42. The van der Waals surface area contributed by atoms with Gasteiger partial charge in [-0.3, -0.25) is 0 Å². The highest BCUT2D eigenvalue weighted by atomic mass is 35.5. The standard InChI is InChI=1S/C9H11ClN2S/c1-5-2-6-3-7(4-8(5)10)12-9(13)11-6/h3,5,8H,2,4H2,1H3,(H,11,12,13). The van der Waals surface area contributed by atoms with Gasteiger partial charge in [-0.15, -0.1) is 11.6 Å². The molecule has 1 aliphatic rings. The lowest BCUT2D eigenvalue weighted by Gasteiger charge is -2.12.